The van der Waals surface area contributed by atoms with Gasteiger partial charge in [0.2, 0.25) is 0 Å². The molecule has 0 aliphatic heterocycles. The molecule has 4 aliphatic carbocycles. The molecule has 4 unspecified atom stereocenters. The van der Waals surface area contributed by atoms with Crippen molar-refractivity contribution in [2.45, 2.75) is 188 Å². The van der Waals surface area contributed by atoms with Gasteiger partial charge in [0.25, 0.3) is 0 Å². The average molecular weight is 1890 g/mol. The molecule has 4 nitrogen and oxygen atoms in total. The third kappa shape index (κ3) is 22.7. The Labute approximate surface area is 757 Å². The zero-order chi connectivity index (χ0) is 97.1. The standard InChI is InChI=1S/C28H26F6O.C26H21F7O.C26H22F6O.C25H20F6O/c1-3-4-5-6-17-9-18-7-8-19(11-20(18)10-17)21-12-25(31)27(26(32)13-21)28(33,34)35-22-14-23(29)16(2)24(30)15-22;1-2-3-4-14-7-15-5-6-16(9-17(15)8-14)18-10-20(27)24(21(28)11-18)26(32,33)34-19-12-22(29)25(31)23(30)13-19;1-3-4-15-7-16-5-6-17(9-18(16)8-15)19-10-23(29)25(24(30)11-19)26(31,32)33-20-12-21(27)14(2)22(28)13-20;1-3-14-6-15-4-5-16(8-17(15)7-14)18-9-22(28)24(23(29)10-18)25(30,31)32-19-11-20(26)13(2)21(27)12-19/h7-8,11-15,17H,3-6,9-10H2,1-2H3;5-6,9-14H,2-4,7-8H2,1H3;5-6,9-13,15H,3-4,7-8H2,1-2H3;4-5,8-12,14H,3,6-7H2,1-2H3. The lowest BCUT2D eigenvalue weighted by atomic mass is 9.98. The van der Waals surface area contributed by atoms with Crippen molar-refractivity contribution in [3.05, 3.63) is 352 Å². The molecule has 0 fully saturated rings. The van der Waals surface area contributed by atoms with Crippen LogP contribution in [0, 0.1) is 143 Å². The normalized spacial score (nSPS) is 15.5. The maximum atomic E-state index is 14.8. The van der Waals surface area contributed by atoms with E-state index in [1.54, 1.807) is 24.3 Å². The van der Waals surface area contributed by atoms with Gasteiger partial charge in [-0.2, -0.15) is 35.1 Å². The van der Waals surface area contributed by atoms with Crippen molar-refractivity contribution in [2.24, 2.45) is 23.7 Å². The van der Waals surface area contributed by atoms with Crippen molar-refractivity contribution in [1.29, 1.82) is 0 Å². The zero-order valence-electron chi connectivity index (χ0n) is 73.3. The van der Waals surface area contributed by atoms with Gasteiger partial charge in [0.1, 0.15) is 127 Å². The predicted molar refractivity (Wildman–Crippen MR) is 457 cm³/mol. The molecule has 12 aromatic carbocycles. The minimum Gasteiger partial charge on any atom is -0.429 e. The highest BCUT2D eigenvalue weighted by Gasteiger charge is 2.46. The van der Waals surface area contributed by atoms with Gasteiger partial charge < -0.3 is 18.9 Å². The lowest BCUT2D eigenvalue weighted by Crippen LogP contribution is -2.25. The molecule has 0 spiro atoms. The number of halogens is 25. The number of alkyl halides is 8. The summed E-state index contributed by atoms with van der Waals surface area (Å²) < 4.78 is 373. The lowest BCUT2D eigenvalue weighted by Gasteiger charge is -2.20. The van der Waals surface area contributed by atoms with E-state index in [1.165, 1.54) is 28.7 Å². The Kier molecular flexibility index (Phi) is 30.5. The number of ether oxygens (including phenoxy) is 4. The SMILES string of the molecule is CCC1Cc2ccc(-c3cc(F)c(C(F)(F)Oc4cc(F)c(C)c(F)c4)c(F)c3)cc2C1.CCCC1Cc2ccc(-c3cc(F)c(C(F)(F)Oc4cc(F)c(C)c(F)c4)c(F)c3)cc2C1.CCCCC1Cc2ccc(-c3cc(F)c(C(F)(F)Oc4cc(F)c(F)c(F)c4)c(F)c3)cc2C1.CCCCCC1Cc2ccc(-c3cc(F)c(C(F)(F)Oc4cc(F)c(C)c(F)c4)c(F)c3)cc2C1. The van der Waals surface area contributed by atoms with Crippen LogP contribution in [0.4, 0.5) is 110 Å². The van der Waals surface area contributed by atoms with E-state index in [9.17, 15) is 110 Å². The maximum absolute atomic E-state index is 14.8. The Morgan fingerprint density at radius 3 is 0.679 bits per heavy atom. The number of benzene rings is 12. The van der Waals surface area contributed by atoms with E-state index >= 15 is 0 Å². The molecular weight excluding hydrogens is 1800 g/mol. The van der Waals surface area contributed by atoms with Crippen LogP contribution in [0.25, 0.3) is 44.5 Å². The van der Waals surface area contributed by atoms with Gasteiger partial charge in [-0.3, -0.25) is 0 Å². The van der Waals surface area contributed by atoms with Crippen LogP contribution in [-0.4, -0.2) is 0 Å². The molecule has 0 heterocycles. The minimum absolute atomic E-state index is 0.0632. The van der Waals surface area contributed by atoms with Crippen molar-refractivity contribution in [3.63, 3.8) is 0 Å². The van der Waals surface area contributed by atoms with Gasteiger partial charge in [-0.1, -0.05) is 152 Å². The van der Waals surface area contributed by atoms with Crippen LogP contribution in [0.5, 0.6) is 23.0 Å². The molecule has 0 N–H and O–H groups in total. The van der Waals surface area contributed by atoms with E-state index < -0.39 is 169 Å². The highest BCUT2D eigenvalue weighted by Crippen LogP contribution is 2.47. The third-order valence-electron chi connectivity index (χ3n) is 24.7. The zero-order valence-corrected chi connectivity index (χ0v) is 73.3. The van der Waals surface area contributed by atoms with E-state index in [0.29, 0.717) is 82.3 Å². The van der Waals surface area contributed by atoms with E-state index in [0.717, 1.165) is 201 Å². The summed E-state index contributed by atoms with van der Waals surface area (Å²) in [5, 5.41) is 0. The molecule has 12 aromatic rings. The Balaban J connectivity index is 0.000000152. The van der Waals surface area contributed by atoms with Gasteiger partial charge in [-0.25, -0.2) is 74.6 Å². The number of hydrogen-bond donors (Lipinski definition) is 0. The first-order valence-corrected chi connectivity index (χ1v) is 43.6. The molecule has 134 heavy (non-hydrogen) atoms. The van der Waals surface area contributed by atoms with Gasteiger partial charge in [0.05, 0.1) is 0 Å². The van der Waals surface area contributed by atoms with Crippen LogP contribution < -0.4 is 18.9 Å². The van der Waals surface area contributed by atoms with Crippen LogP contribution >= 0.6 is 0 Å². The predicted octanol–water partition coefficient (Wildman–Crippen LogP) is 32.1. The Morgan fingerprint density at radius 2 is 0.440 bits per heavy atom. The Morgan fingerprint density at radius 1 is 0.224 bits per heavy atom. The molecule has 708 valence electrons. The maximum Gasteiger partial charge on any atom is 0.432 e. The number of rotatable bonds is 26. The monoisotopic (exact) mass is 1890 g/mol. The Hall–Kier alpha value is -11.9. The quantitative estimate of drug-likeness (QED) is 0.0308. The number of fused-ring (bicyclic) bond motifs is 4. The summed E-state index contributed by atoms with van der Waals surface area (Å²) in [6.45, 7) is 11.9. The molecule has 0 amide bonds. The van der Waals surface area contributed by atoms with Gasteiger partial charge in [0, 0.05) is 65.2 Å². The molecule has 0 saturated carbocycles. The third-order valence-corrected chi connectivity index (χ3v) is 24.7. The molecule has 0 aromatic heterocycles. The number of unbranched alkanes of at least 4 members (excludes halogenated alkanes) is 3. The first-order valence-electron chi connectivity index (χ1n) is 43.6. The van der Waals surface area contributed by atoms with Crippen LogP contribution in [-0.2, 0) is 75.8 Å². The van der Waals surface area contributed by atoms with Crippen LogP contribution in [0.3, 0.4) is 0 Å². The van der Waals surface area contributed by atoms with Crippen LogP contribution in [0.2, 0.25) is 0 Å². The minimum atomic E-state index is -4.62. The summed E-state index contributed by atoms with van der Waals surface area (Å²) in [6.07, 6.45) is 0.277. The molecule has 29 heteroatoms. The highest BCUT2D eigenvalue weighted by molar-refractivity contribution is 5.70. The number of hydrogen-bond acceptors (Lipinski definition) is 4. The first kappa shape index (κ1) is 99.6. The van der Waals surface area contributed by atoms with E-state index in [4.69, 9.17) is 0 Å². The molecular formula is C105H89F25O4. The van der Waals surface area contributed by atoms with Crippen molar-refractivity contribution in [1.82, 2.24) is 0 Å². The van der Waals surface area contributed by atoms with Gasteiger partial charge in [0.15, 0.2) is 17.5 Å². The Bertz CT molecular complexity index is 6180. The topological polar surface area (TPSA) is 36.9 Å². The second kappa shape index (κ2) is 41.1. The van der Waals surface area contributed by atoms with Crippen LogP contribution in [0.1, 0.15) is 175 Å². The van der Waals surface area contributed by atoms with E-state index in [2.05, 4.69) is 46.6 Å². The molecule has 0 bridgehead atoms. The summed E-state index contributed by atoms with van der Waals surface area (Å²) in [5.74, 6) is -26.1. The smallest absolute Gasteiger partial charge is 0.429 e. The highest BCUT2D eigenvalue weighted by atomic mass is 19.3. The summed E-state index contributed by atoms with van der Waals surface area (Å²) in [6, 6.07) is 31.7. The van der Waals surface area contributed by atoms with Crippen molar-refractivity contribution in [3.8, 4) is 67.5 Å². The van der Waals surface area contributed by atoms with Gasteiger partial charge in [-0.05, 0) is 246 Å². The fourth-order valence-corrected chi connectivity index (χ4v) is 17.5. The van der Waals surface area contributed by atoms with Crippen molar-refractivity contribution in [2.75, 3.05) is 0 Å². The summed E-state index contributed by atoms with van der Waals surface area (Å²) >= 11 is 0. The van der Waals surface area contributed by atoms with Crippen LogP contribution in [0.15, 0.2) is 170 Å². The second-order valence-corrected chi connectivity index (χ2v) is 34.3. The summed E-state index contributed by atoms with van der Waals surface area (Å²) in [5.41, 5.74) is 3.73. The molecule has 4 atom stereocenters. The fraction of sp³-hybridized carbons (Fsp3) is 0.314. The summed E-state index contributed by atoms with van der Waals surface area (Å²) in [4.78, 5) is 0. The van der Waals surface area contributed by atoms with Gasteiger partial charge >= 0.3 is 24.4 Å². The van der Waals surface area contributed by atoms with Crippen molar-refractivity contribution < 1.29 is 129 Å². The molecule has 4 aliphatic rings. The first-order chi connectivity index (χ1) is 63.3. The second-order valence-electron chi connectivity index (χ2n) is 34.3. The lowest BCUT2D eigenvalue weighted by molar-refractivity contribution is -0.190. The molecule has 0 radical (unpaired) electrons. The molecule has 16 rings (SSSR count). The van der Waals surface area contributed by atoms with E-state index in [-0.39, 0.29) is 51.1 Å². The van der Waals surface area contributed by atoms with Gasteiger partial charge in [-0.15, -0.1) is 0 Å². The largest absolute Gasteiger partial charge is 0.432 e. The molecule has 0 saturated heterocycles. The fourth-order valence-electron chi connectivity index (χ4n) is 17.5. The summed E-state index contributed by atoms with van der Waals surface area (Å²) in [7, 11) is 0. The van der Waals surface area contributed by atoms with Crippen molar-refractivity contribution >= 4 is 0 Å². The average Bonchev–Trinajstić information content (AvgIpc) is 1.34. The van der Waals surface area contributed by atoms with E-state index in [1.807, 2.05) is 48.5 Å².